The van der Waals surface area contributed by atoms with Gasteiger partial charge in [-0.15, -0.1) is 0 Å². The second-order valence-corrected chi connectivity index (χ2v) is 4.98. The molecule has 1 aromatic carbocycles. The lowest BCUT2D eigenvalue weighted by molar-refractivity contribution is 0.866. The highest BCUT2D eigenvalue weighted by Crippen LogP contribution is 2.29. The molecular formula is C18H14ClN5. The first-order chi connectivity index (χ1) is 11.6. The SMILES string of the molecule is CCN(CC)c1ccc(/C(Cl)=C(/C#N)C(C#N)=C(C#N)C#N)cc1. The van der Waals surface area contributed by atoms with E-state index in [1.54, 1.807) is 30.3 Å². The molecule has 0 aliphatic heterocycles. The molecule has 0 fully saturated rings. The third kappa shape index (κ3) is 3.93. The molecule has 0 bridgehead atoms. The number of halogens is 1. The van der Waals surface area contributed by atoms with E-state index < -0.39 is 5.57 Å². The zero-order valence-electron chi connectivity index (χ0n) is 13.3. The predicted molar refractivity (Wildman–Crippen MR) is 92.3 cm³/mol. The second-order valence-electron chi connectivity index (χ2n) is 4.61. The van der Waals surface area contributed by atoms with Gasteiger partial charge in [-0.3, -0.25) is 0 Å². The largest absolute Gasteiger partial charge is 0.372 e. The fourth-order valence-electron chi connectivity index (χ4n) is 2.14. The molecule has 0 N–H and O–H groups in total. The summed E-state index contributed by atoms with van der Waals surface area (Å²) in [6, 6.07) is 14.0. The summed E-state index contributed by atoms with van der Waals surface area (Å²) < 4.78 is 0. The van der Waals surface area contributed by atoms with Crippen molar-refractivity contribution in [3.05, 3.63) is 46.5 Å². The van der Waals surface area contributed by atoms with E-state index in [1.807, 2.05) is 32.0 Å². The van der Waals surface area contributed by atoms with Crippen LogP contribution in [0.15, 0.2) is 41.0 Å². The van der Waals surface area contributed by atoms with Gasteiger partial charge in [-0.2, -0.15) is 21.0 Å². The van der Waals surface area contributed by atoms with E-state index in [1.165, 1.54) is 0 Å². The van der Waals surface area contributed by atoms with E-state index in [0.717, 1.165) is 18.8 Å². The Kier molecular flexibility index (Phi) is 7.06. The maximum Gasteiger partial charge on any atom is 0.148 e. The first-order valence-electron chi connectivity index (χ1n) is 7.18. The summed E-state index contributed by atoms with van der Waals surface area (Å²) in [4.78, 5) is 2.15. The molecule has 6 heteroatoms. The van der Waals surface area contributed by atoms with Crippen molar-refractivity contribution in [3.8, 4) is 24.3 Å². The van der Waals surface area contributed by atoms with E-state index in [0.29, 0.717) is 5.56 Å². The lowest BCUT2D eigenvalue weighted by Gasteiger charge is -2.21. The molecule has 0 aromatic heterocycles. The normalized spacial score (nSPS) is 10.3. The predicted octanol–water partition coefficient (Wildman–Crippen LogP) is 3.87. The highest BCUT2D eigenvalue weighted by Gasteiger charge is 2.17. The smallest absolute Gasteiger partial charge is 0.148 e. The summed E-state index contributed by atoms with van der Waals surface area (Å²) >= 11 is 6.24. The Bertz CT molecular complexity index is 816. The van der Waals surface area contributed by atoms with Gasteiger partial charge in [0.15, 0.2) is 0 Å². The summed E-state index contributed by atoms with van der Waals surface area (Å²) in [6.07, 6.45) is 0. The highest BCUT2D eigenvalue weighted by molar-refractivity contribution is 6.50. The van der Waals surface area contributed by atoms with Crippen LogP contribution in [-0.2, 0) is 0 Å². The number of nitrogens with zero attached hydrogens (tertiary/aromatic N) is 5. The summed E-state index contributed by atoms with van der Waals surface area (Å²) in [7, 11) is 0. The molecule has 0 aliphatic rings. The van der Waals surface area contributed by atoms with E-state index >= 15 is 0 Å². The van der Waals surface area contributed by atoms with Gasteiger partial charge >= 0.3 is 0 Å². The average Bonchev–Trinajstić information content (AvgIpc) is 2.63. The number of hydrogen-bond acceptors (Lipinski definition) is 5. The molecule has 1 rings (SSSR count). The van der Waals surface area contributed by atoms with Crippen LogP contribution in [-0.4, -0.2) is 13.1 Å². The fourth-order valence-corrected chi connectivity index (χ4v) is 2.40. The molecule has 0 saturated heterocycles. The van der Waals surface area contributed by atoms with Crippen LogP contribution in [0.5, 0.6) is 0 Å². The molecule has 0 spiro atoms. The van der Waals surface area contributed by atoms with Crippen molar-refractivity contribution in [1.82, 2.24) is 0 Å². The number of benzene rings is 1. The van der Waals surface area contributed by atoms with Crippen LogP contribution < -0.4 is 4.90 Å². The van der Waals surface area contributed by atoms with Crippen molar-refractivity contribution < 1.29 is 0 Å². The minimum absolute atomic E-state index is 0.0307. The summed E-state index contributed by atoms with van der Waals surface area (Å²) in [5.74, 6) is 0. The Morgan fingerprint density at radius 3 is 1.75 bits per heavy atom. The quantitative estimate of drug-likeness (QED) is 0.600. The van der Waals surface area contributed by atoms with Gasteiger partial charge in [0, 0.05) is 18.8 Å². The third-order valence-corrected chi connectivity index (χ3v) is 3.82. The number of rotatable bonds is 5. The van der Waals surface area contributed by atoms with Gasteiger partial charge in [-0.25, -0.2) is 0 Å². The van der Waals surface area contributed by atoms with Crippen LogP contribution >= 0.6 is 11.6 Å². The second kappa shape index (κ2) is 9.02. The molecule has 0 aliphatic carbocycles. The van der Waals surface area contributed by atoms with E-state index in [2.05, 4.69) is 4.90 Å². The van der Waals surface area contributed by atoms with Crippen LogP contribution in [0.3, 0.4) is 0 Å². The minimum atomic E-state index is -0.438. The Morgan fingerprint density at radius 2 is 1.38 bits per heavy atom. The minimum Gasteiger partial charge on any atom is -0.372 e. The monoisotopic (exact) mass is 335 g/mol. The van der Waals surface area contributed by atoms with Gasteiger partial charge in [0.05, 0.1) is 16.2 Å². The molecule has 0 unspecified atom stereocenters. The van der Waals surface area contributed by atoms with Gasteiger partial charge in [0.1, 0.15) is 29.8 Å². The topological polar surface area (TPSA) is 98.4 Å². The van der Waals surface area contributed by atoms with Crippen molar-refractivity contribution in [2.24, 2.45) is 0 Å². The number of anilines is 1. The molecule has 0 heterocycles. The molecule has 1 aromatic rings. The van der Waals surface area contributed by atoms with Crippen LogP contribution in [0.4, 0.5) is 5.69 Å². The zero-order valence-corrected chi connectivity index (χ0v) is 14.1. The standard InChI is InChI=1S/C18H14ClN5/c1-3-24(4-2)15-7-5-13(6-8-15)18(19)17(12-23)16(11-22)14(9-20)10-21/h5-8H,3-4H2,1-2H3/b18-17+. The van der Waals surface area contributed by atoms with E-state index in [9.17, 15) is 10.5 Å². The molecule has 0 atom stereocenters. The molecule has 118 valence electrons. The Morgan fingerprint density at radius 1 is 0.875 bits per heavy atom. The molecule has 0 radical (unpaired) electrons. The van der Waals surface area contributed by atoms with E-state index in [-0.39, 0.29) is 16.2 Å². The molecule has 5 nitrogen and oxygen atoms in total. The van der Waals surface area contributed by atoms with Gasteiger partial charge in [0.25, 0.3) is 0 Å². The molecular weight excluding hydrogens is 322 g/mol. The first kappa shape index (κ1) is 18.8. The van der Waals surface area contributed by atoms with Gasteiger partial charge < -0.3 is 4.90 Å². The Balaban J connectivity index is 3.45. The number of nitriles is 4. The molecule has 0 amide bonds. The fraction of sp³-hybridized carbons (Fsp3) is 0.222. The number of hydrogen-bond donors (Lipinski definition) is 0. The van der Waals surface area contributed by atoms with Crippen LogP contribution in [0, 0.1) is 45.3 Å². The van der Waals surface area contributed by atoms with Gasteiger partial charge in [0.2, 0.25) is 0 Å². The molecule has 0 saturated carbocycles. The highest BCUT2D eigenvalue weighted by atomic mass is 35.5. The maximum atomic E-state index is 9.31. The van der Waals surface area contributed by atoms with Crippen molar-refractivity contribution in [2.45, 2.75) is 13.8 Å². The lowest BCUT2D eigenvalue weighted by Crippen LogP contribution is -2.21. The van der Waals surface area contributed by atoms with Crippen LogP contribution in [0.25, 0.3) is 5.03 Å². The number of allylic oxidation sites excluding steroid dienone is 3. The van der Waals surface area contributed by atoms with Gasteiger partial charge in [-0.05, 0) is 31.5 Å². The zero-order chi connectivity index (χ0) is 18.1. The van der Waals surface area contributed by atoms with Crippen molar-refractivity contribution in [3.63, 3.8) is 0 Å². The van der Waals surface area contributed by atoms with Gasteiger partial charge in [-0.1, -0.05) is 23.7 Å². The lowest BCUT2D eigenvalue weighted by atomic mass is 10.0. The van der Waals surface area contributed by atoms with Crippen LogP contribution in [0.1, 0.15) is 19.4 Å². The summed E-state index contributed by atoms with van der Waals surface area (Å²) in [6.45, 7) is 5.82. The first-order valence-corrected chi connectivity index (χ1v) is 7.55. The van der Waals surface area contributed by atoms with Crippen molar-refractivity contribution in [2.75, 3.05) is 18.0 Å². The summed E-state index contributed by atoms with van der Waals surface area (Å²) in [5, 5.41) is 36.3. The molecule has 24 heavy (non-hydrogen) atoms. The maximum absolute atomic E-state index is 9.31. The van der Waals surface area contributed by atoms with E-state index in [4.69, 9.17) is 22.1 Å². The van der Waals surface area contributed by atoms with Crippen LogP contribution in [0.2, 0.25) is 0 Å². The third-order valence-electron chi connectivity index (χ3n) is 3.42. The average molecular weight is 336 g/mol. The Hall–Kier alpha value is -3.25. The summed E-state index contributed by atoms with van der Waals surface area (Å²) in [5.41, 5.74) is 0.602. The van der Waals surface area contributed by atoms with Crippen molar-refractivity contribution in [1.29, 1.82) is 21.0 Å². The van der Waals surface area contributed by atoms with Crippen molar-refractivity contribution >= 4 is 22.3 Å². The Labute approximate surface area is 146 Å².